The molecule has 9 heteroatoms. The molecule has 0 bridgehead atoms. The number of hydrogen-bond acceptors (Lipinski definition) is 5. The molecular weight excluding hydrogens is 421 g/mol. The zero-order valence-corrected chi connectivity index (χ0v) is 18.7. The molecule has 0 amide bonds. The summed E-state index contributed by atoms with van der Waals surface area (Å²) in [7, 11) is 3.21. The normalized spacial score (nSPS) is 17.7. The van der Waals surface area contributed by atoms with Crippen LogP contribution in [0.2, 0.25) is 0 Å². The van der Waals surface area contributed by atoms with Gasteiger partial charge in [-0.2, -0.15) is 18.3 Å². The second kappa shape index (κ2) is 8.61. The van der Waals surface area contributed by atoms with Crippen molar-refractivity contribution in [3.8, 4) is 11.5 Å². The first-order valence-corrected chi connectivity index (χ1v) is 10.6. The van der Waals surface area contributed by atoms with Crippen molar-refractivity contribution in [1.82, 2.24) is 19.5 Å². The molecule has 0 saturated carbocycles. The van der Waals surface area contributed by atoms with Gasteiger partial charge in [-0.15, -0.1) is 0 Å². The minimum absolute atomic E-state index is 0.0782. The summed E-state index contributed by atoms with van der Waals surface area (Å²) in [5.74, 6) is 1.27. The molecule has 1 atom stereocenters. The SMILES string of the molecule is COc1cc(C)c(CN2CCCC(c3cc(C(F)(F)F)n4nc(C)cc4n3)C2)cc1OC. The number of aryl methyl sites for hydroxylation is 2. The van der Waals surface area contributed by atoms with Crippen molar-refractivity contribution < 1.29 is 22.6 Å². The lowest BCUT2D eigenvalue weighted by Gasteiger charge is -2.33. The minimum atomic E-state index is -4.50. The third-order valence-electron chi connectivity index (χ3n) is 6.02. The van der Waals surface area contributed by atoms with Gasteiger partial charge in [-0.1, -0.05) is 0 Å². The van der Waals surface area contributed by atoms with E-state index in [1.165, 1.54) is 0 Å². The Kier molecular flexibility index (Phi) is 6.03. The van der Waals surface area contributed by atoms with Crippen LogP contribution >= 0.6 is 0 Å². The van der Waals surface area contributed by atoms with E-state index in [0.29, 0.717) is 36.0 Å². The van der Waals surface area contributed by atoms with Crippen LogP contribution in [0.5, 0.6) is 11.5 Å². The summed E-state index contributed by atoms with van der Waals surface area (Å²) in [4.78, 5) is 6.81. The summed E-state index contributed by atoms with van der Waals surface area (Å²) in [5, 5.41) is 3.98. The fourth-order valence-electron chi connectivity index (χ4n) is 4.39. The van der Waals surface area contributed by atoms with Crippen LogP contribution in [0, 0.1) is 13.8 Å². The number of likely N-dealkylation sites (tertiary alicyclic amines) is 1. The topological polar surface area (TPSA) is 51.9 Å². The quantitative estimate of drug-likeness (QED) is 0.563. The highest BCUT2D eigenvalue weighted by Crippen LogP contribution is 2.35. The zero-order chi connectivity index (χ0) is 23.0. The smallest absolute Gasteiger partial charge is 0.433 e. The molecule has 172 valence electrons. The molecule has 1 aliphatic rings. The number of rotatable bonds is 5. The molecule has 1 unspecified atom stereocenters. The third-order valence-corrected chi connectivity index (χ3v) is 6.02. The molecular formula is C23H27F3N4O2. The fourth-order valence-corrected chi connectivity index (χ4v) is 4.39. The monoisotopic (exact) mass is 448 g/mol. The predicted octanol–water partition coefficient (Wildman–Crippen LogP) is 4.76. The molecule has 1 fully saturated rings. The minimum Gasteiger partial charge on any atom is -0.493 e. The second-order valence-electron chi connectivity index (χ2n) is 8.33. The van der Waals surface area contributed by atoms with Gasteiger partial charge >= 0.3 is 6.18 Å². The maximum atomic E-state index is 13.7. The Balaban J connectivity index is 1.61. The molecule has 32 heavy (non-hydrogen) atoms. The Morgan fingerprint density at radius 1 is 1.06 bits per heavy atom. The summed E-state index contributed by atoms with van der Waals surface area (Å²) >= 11 is 0. The molecule has 3 aromatic rings. The molecule has 1 saturated heterocycles. The van der Waals surface area contributed by atoms with Gasteiger partial charge in [-0.25, -0.2) is 9.50 Å². The highest BCUT2D eigenvalue weighted by Gasteiger charge is 2.36. The van der Waals surface area contributed by atoms with Gasteiger partial charge in [-0.05, 0) is 62.6 Å². The molecule has 1 aliphatic heterocycles. The first-order chi connectivity index (χ1) is 15.2. The molecule has 0 radical (unpaired) electrons. The molecule has 2 aromatic heterocycles. The Morgan fingerprint density at radius 2 is 1.78 bits per heavy atom. The van der Waals surface area contributed by atoms with Crippen molar-refractivity contribution in [2.45, 2.75) is 45.3 Å². The first kappa shape index (κ1) is 22.4. The average molecular weight is 448 g/mol. The standard InChI is InChI=1S/C23H27F3N4O2/c1-14-8-19(31-3)20(32-4)10-17(14)13-29-7-5-6-16(12-29)18-11-21(23(24,25)26)30-22(27-18)9-15(2)28-30/h8-11,16H,5-7,12-13H2,1-4H3. The molecule has 1 aromatic carbocycles. The largest absolute Gasteiger partial charge is 0.493 e. The first-order valence-electron chi connectivity index (χ1n) is 10.6. The number of fused-ring (bicyclic) bond motifs is 1. The van der Waals surface area contributed by atoms with Gasteiger partial charge in [0.1, 0.15) is 5.69 Å². The van der Waals surface area contributed by atoms with Gasteiger partial charge < -0.3 is 9.47 Å². The Bertz CT molecular complexity index is 1130. The zero-order valence-electron chi connectivity index (χ0n) is 18.7. The van der Waals surface area contributed by atoms with Crippen LogP contribution in [0.4, 0.5) is 13.2 Å². The number of nitrogens with zero attached hydrogens (tertiary/aromatic N) is 4. The van der Waals surface area contributed by atoms with E-state index in [-0.39, 0.29) is 11.6 Å². The van der Waals surface area contributed by atoms with E-state index in [2.05, 4.69) is 15.0 Å². The van der Waals surface area contributed by atoms with Crippen LogP contribution in [-0.4, -0.2) is 46.8 Å². The summed E-state index contributed by atoms with van der Waals surface area (Å²) in [6.07, 6.45) is -2.81. The Hall–Kier alpha value is -2.81. The molecule has 0 aliphatic carbocycles. The van der Waals surface area contributed by atoms with Crippen molar-refractivity contribution >= 4 is 5.65 Å². The van der Waals surface area contributed by atoms with Crippen molar-refractivity contribution in [2.24, 2.45) is 0 Å². The summed E-state index contributed by atoms with van der Waals surface area (Å²) in [6.45, 7) is 5.89. The van der Waals surface area contributed by atoms with E-state index in [0.717, 1.165) is 41.1 Å². The van der Waals surface area contributed by atoms with Crippen LogP contribution < -0.4 is 9.47 Å². The van der Waals surface area contributed by atoms with Crippen molar-refractivity contribution in [3.63, 3.8) is 0 Å². The Morgan fingerprint density at radius 3 is 2.47 bits per heavy atom. The summed E-state index contributed by atoms with van der Waals surface area (Å²) in [6, 6.07) is 6.67. The summed E-state index contributed by atoms with van der Waals surface area (Å²) < 4.78 is 52.8. The van der Waals surface area contributed by atoms with Gasteiger partial charge in [0.2, 0.25) is 0 Å². The van der Waals surface area contributed by atoms with Crippen LogP contribution in [0.3, 0.4) is 0 Å². The van der Waals surface area contributed by atoms with Gasteiger partial charge in [-0.3, -0.25) is 4.90 Å². The number of methoxy groups -OCH3 is 2. The lowest BCUT2D eigenvalue weighted by Crippen LogP contribution is -2.34. The molecule has 3 heterocycles. The molecule has 6 nitrogen and oxygen atoms in total. The Labute approximate surface area is 185 Å². The van der Waals surface area contributed by atoms with Gasteiger partial charge in [0, 0.05) is 30.8 Å². The van der Waals surface area contributed by atoms with E-state index in [4.69, 9.17) is 9.47 Å². The maximum absolute atomic E-state index is 13.7. The number of alkyl halides is 3. The molecule has 0 N–H and O–H groups in total. The number of piperidine rings is 1. The van der Waals surface area contributed by atoms with E-state index in [1.807, 2.05) is 19.1 Å². The predicted molar refractivity (Wildman–Crippen MR) is 114 cm³/mol. The lowest BCUT2D eigenvalue weighted by molar-refractivity contribution is -0.142. The highest BCUT2D eigenvalue weighted by molar-refractivity contribution is 5.47. The number of aromatic nitrogens is 3. The highest BCUT2D eigenvalue weighted by atomic mass is 19.4. The van der Waals surface area contributed by atoms with Crippen LogP contribution in [-0.2, 0) is 12.7 Å². The van der Waals surface area contributed by atoms with Crippen LogP contribution in [0.25, 0.3) is 5.65 Å². The van der Waals surface area contributed by atoms with Crippen molar-refractivity contribution in [1.29, 1.82) is 0 Å². The van der Waals surface area contributed by atoms with E-state index in [1.54, 1.807) is 27.2 Å². The number of ether oxygens (including phenoxy) is 2. The average Bonchev–Trinajstić information content (AvgIpc) is 3.13. The summed E-state index contributed by atoms with van der Waals surface area (Å²) in [5.41, 5.74) is 2.62. The lowest BCUT2D eigenvalue weighted by atomic mass is 9.93. The van der Waals surface area contributed by atoms with Crippen LogP contribution in [0.1, 0.15) is 47.0 Å². The van der Waals surface area contributed by atoms with Crippen molar-refractivity contribution in [2.75, 3.05) is 27.3 Å². The van der Waals surface area contributed by atoms with Gasteiger partial charge in [0.25, 0.3) is 0 Å². The van der Waals surface area contributed by atoms with Gasteiger partial charge in [0.15, 0.2) is 17.1 Å². The third kappa shape index (κ3) is 4.39. The van der Waals surface area contributed by atoms with Crippen molar-refractivity contribution in [3.05, 3.63) is 52.5 Å². The van der Waals surface area contributed by atoms with E-state index in [9.17, 15) is 13.2 Å². The molecule has 0 spiro atoms. The van der Waals surface area contributed by atoms with E-state index < -0.39 is 11.9 Å². The second-order valence-corrected chi connectivity index (χ2v) is 8.33. The number of benzene rings is 1. The molecule has 4 rings (SSSR count). The van der Waals surface area contributed by atoms with E-state index >= 15 is 0 Å². The van der Waals surface area contributed by atoms with Crippen LogP contribution in [0.15, 0.2) is 24.3 Å². The number of halogens is 3. The fraction of sp³-hybridized carbons (Fsp3) is 0.478. The maximum Gasteiger partial charge on any atom is 0.433 e. The number of hydrogen-bond donors (Lipinski definition) is 0. The van der Waals surface area contributed by atoms with Gasteiger partial charge in [0.05, 0.1) is 19.9 Å².